The van der Waals surface area contributed by atoms with Crippen LogP contribution in [0.3, 0.4) is 0 Å². The van der Waals surface area contributed by atoms with Crippen molar-refractivity contribution in [2.45, 2.75) is 13.8 Å². The van der Waals surface area contributed by atoms with Gasteiger partial charge in [-0.1, -0.05) is 12.1 Å². The maximum Gasteiger partial charge on any atom is 0.255 e. The molecule has 3 N–H and O–H groups in total. The first-order valence-electron chi connectivity index (χ1n) is 12.3. The molecule has 1 aliphatic heterocycles. The predicted molar refractivity (Wildman–Crippen MR) is 145 cm³/mol. The second-order valence-electron chi connectivity index (χ2n) is 9.10. The molecule has 0 radical (unpaired) electrons. The number of benzene rings is 1. The largest absolute Gasteiger partial charge is 0.508 e. The molecule has 1 saturated heterocycles. The first-order valence-corrected chi connectivity index (χ1v) is 12.3. The summed E-state index contributed by atoms with van der Waals surface area (Å²) in [6, 6.07) is 7.39. The van der Waals surface area contributed by atoms with Gasteiger partial charge in [-0.15, -0.1) is 0 Å². The van der Waals surface area contributed by atoms with Gasteiger partial charge < -0.3 is 25.0 Å². The van der Waals surface area contributed by atoms with Gasteiger partial charge in [-0.25, -0.2) is 4.98 Å². The van der Waals surface area contributed by atoms with E-state index in [0.29, 0.717) is 48.8 Å². The van der Waals surface area contributed by atoms with Crippen LogP contribution in [0.4, 0.5) is 5.69 Å². The highest BCUT2D eigenvalue weighted by atomic mass is 16.5. The summed E-state index contributed by atoms with van der Waals surface area (Å²) in [5.74, 6) is -0.205. The van der Waals surface area contributed by atoms with Crippen LogP contribution in [0.1, 0.15) is 29.8 Å². The molecule has 37 heavy (non-hydrogen) atoms. The highest BCUT2D eigenvalue weighted by Gasteiger charge is 2.20. The first kappa shape index (κ1) is 26.1. The first-order chi connectivity index (χ1) is 17.8. The molecule has 0 atom stereocenters. The molecule has 0 spiro atoms. The maximum atomic E-state index is 13.1. The summed E-state index contributed by atoms with van der Waals surface area (Å²) in [5, 5.41) is 14.1. The maximum absolute atomic E-state index is 13.1. The number of rotatable bonds is 7. The number of aromatic nitrogens is 2. The molecule has 1 aromatic carbocycles. The zero-order valence-electron chi connectivity index (χ0n) is 21.7. The Morgan fingerprint density at radius 1 is 1.14 bits per heavy atom. The van der Waals surface area contributed by atoms with Crippen LogP contribution >= 0.6 is 0 Å². The molecule has 9 nitrogen and oxygen atoms in total. The predicted octanol–water partition coefficient (Wildman–Crippen LogP) is 4.07. The molecule has 1 aliphatic rings. The van der Waals surface area contributed by atoms with Gasteiger partial charge in [0, 0.05) is 61.7 Å². The fourth-order valence-electron chi connectivity index (χ4n) is 4.38. The third-order valence-electron chi connectivity index (χ3n) is 6.39. The Kier molecular flexibility index (Phi) is 8.05. The summed E-state index contributed by atoms with van der Waals surface area (Å²) in [5.41, 5.74) is 4.68. The number of aromatic amines is 1. The Labute approximate surface area is 216 Å². The number of H-pyrrole nitrogens is 1. The number of allylic oxidation sites excluding steroid dienone is 3. The van der Waals surface area contributed by atoms with Crippen LogP contribution < -0.4 is 5.32 Å². The van der Waals surface area contributed by atoms with Crippen molar-refractivity contribution in [1.82, 2.24) is 19.8 Å². The number of ether oxygens (including phenoxy) is 1. The quantitative estimate of drug-likeness (QED) is 0.331. The number of aliphatic hydroxyl groups excluding tert-OH is 1. The van der Waals surface area contributed by atoms with Gasteiger partial charge in [0.05, 0.1) is 31.0 Å². The lowest BCUT2D eigenvalue weighted by Crippen LogP contribution is -2.41. The number of morpholine rings is 1. The minimum atomic E-state index is -0.214. The Morgan fingerprint density at radius 3 is 2.57 bits per heavy atom. The summed E-state index contributed by atoms with van der Waals surface area (Å²) in [6.07, 6.45) is 7.07. The van der Waals surface area contributed by atoms with Crippen molar-refractivity contribution in [3.05, 3.63) is 65.7 Å². The number of nitrogens with zero attached hydrogens (tertiary/aromatic N) is 3. The molecule has 0 saturated carbocycles. The van der Waals surface area contributed by atoms with Crippen LogP contribution in [-0.2, 0) is 9.53 Å². The van der Waals surface area contributed by atoms with Gasteiger partial charge in [0.15, 0.2) is 0 Å². The number of hydrogen-bond donors (Lipinski definition) is 3. The van der Waals surface area contributed by atoms with Crippen LogP contribution in [0.2, 0.25) is 0 Å². The summed E-state index contributed by atoms with van der Waals surface area (Å²) in [4.78, 5) is 37.0. The standard InChI is InChI=1S/C28H33N5O4/c1-5-20(25(34)6-2)23-16-30-27-21(23)14-19(15-29-27)18-7-8-24(22(13-18)28(36)32(3)4)31-26(35)17-33-9-11-37-12-10-33/h5-8,13-16,34H,9-12,17H2,1-4H3,(H,29,30)(H,31,35)/b20-5-,25-6+. The van der Waals surface area contributed by atoms with E-state index < -0.39 is 0 Å². The highest BCUT2D eigenvalue weighted by Crippen LogP contribution is 2.32. The second kappa shape index (κ2) is 11.4. The van der Waals surface area contributed by atoms with Crippen molar-refractivity contribution in [1.29, 1.82) is 0 Å². The van der Waals surface area contributed by atoms with Gasteiger partial charge in [0.2, 0.25) is 5.91 Å². The normalized spacial score (nSPS) is 15.1. The summed E-state index contributed by atoms with van der Waals surface area (Å²) in [6.45, 7) is 6.51. The third-order valence-corrected chi connectivity index (χ3v) is 6.39. The van der Waals surface area contributed by atoms with E-state index in [9.17, 15) is 14.7 Å². The lowest BCUT2D eigenvalue weighted by molar-refractivity contribution is -0.118. The molecule has 3 aromatic rings. The van der Waals surface area contributed by atoms with E-state index in [-0.39, 0.29) is 24.1 Å². The van der Waals surface area contributed by atoms with Crippen molar-refractivity contribution < 1.29 is 19.4 Å². The number of pyridine rings is 1. The van der Waals surface area contributed by atoms with Crippen molar-refractivity contribution in [3.63, 3.8) is 0 Å². The number of aliphatic hydroxyl groups is 1. The summed E-state index contributed by atoms with van der Waals surface area (Å²) in [7, 11) is 3.36. The minimum Gasteiger partial charge on any atom is -0.508 e. The molecular formula is C28H33N5O4. The molecule has 0 unspecified atom stereocenters. The van der Waals surface area contributed by atoms with E-state index in [1.54, 1.807) is 45.4 Å². The van der Waals surface area contributed by atoms with Crippen LogP contribution in [0, 0.1) is 0 Å². The van der Waals surface area contributed by atoms with Crippen LogP contribution in [-0.4, -0.2) is 83.6 Å². The Balaban J connectivity index is 1.69. The molecular weight excluding hydrogens is 470 g/mol. The molecule has 194 valence electrons. The lowest BCUT2D eigenvalue weighted by Gasteiger charge is -2.26. The number of nitrogens with one attached hydrogen (secondary N) is 2. The number of hydrogen-bond acceptors (Lipinski definition) is 6. The Bertz CT molecular complexity index is 1370. The molecule has 1 fully saturated rings. The lowest BCUT2D eigenvalue weighted by atomic mass is 9.99. The van der Waals surface area contributed by atoms with Gasteiger partial charge in [0.1, 0.15) is 11.4 Å². The average molecular weight is 504 g/mol. The number of fused-ring (bicyclic) bond motifs is 1. The van der Waals surface area contributed by atoms with E-state index >= 15 is 0 Å². The fourth-order valence-corrected chi connectivity index (χ4v) is 4.38. The van der Waals surface area contributed by atoms with Crippen molar-refractivity contribution in [3.8, 4) is 11.1 Å². The summed E-state index contributed by atoms with van der Waals surface area (Å²) >= 11 is 0. The van der Waals surface area contributed by atoms with Crippen molar-refractivity contribution >= 4 is 34.1 Å². The van der Waals surface area contributed by atoms with Gasteiger partial charge in [0.25, 0.3) is 5.91 Å². The zero-order valence-corrected chi connectivity index (χ0v) is 21.7. The minimum absolute atomic E-state index is 0.176. The monoisotopic (exact) mass is 503 g/mol. The van der Waals surface area contributed by atoms with Gasteiger partial charge in [-0.05, 0) is 43.7 Å². The molecule has 0 aliphatic carbocycles. The zero-order chi connectivity index (χ0) is 26.5. The second-order valence-corrected chi connectivity index (χ2v) is 9.10. The highest BCUT2D eigenvalue weighted by molar-refractivity contribution is 6.05. The fraction of sp³-hybridized carbons (Fsp3) is 0.321. The average Bonchev–Trinajstić information content (AvgIpc) is 3.32. The van der Waals surface area contributed by atoms with Gasteiger partial charge >= 0.3 is 0 Å². The topological polar surface area (TPSA) is 111 Å². The van der Waals surface area contributed by atoms with Crippen molar-refractivity contribution in [2.75, 3.05) is 52.3 Å². The molecule has 9 heteroatoms. The number of carbonyl (C=O) groups excluding carboxylic acids is 2. The third kappa shape index (κ3) is 5.73. The molecule has 4 rings (SSSR count). The molecule has 0 bridgehead atoms. The number of carbonyl (C=O) groups is 2. The van der Waals surface area contributed by atoms with E-state index in [4.69, 9.17) is 4.74 Å². The van der Waals surface area contributed by atoms with Crippen LogP contribution in [0.25, 0.3) is 27.7 Å². The Hall–Kier alpha value is -3.95. The van der Waals surface area contributed by atoms with Gasteiger partial charge in [-0.3, -0.25) is 14.5 Å². The van der Waals surface area contributed by atoms with Crippen LogP contribution in [0.5, 0.6) is 0 Å². The number of anilines is 1. The van der Waals surface area contributed by atoms with Crippen LogP contribution in [0.15, 0.2) is 54.6 Å². The van der Waals surface area contributed by atoms with E-state index in [0.717, 1.165) is 22.1 Å². The Morgan fingerprint density at radius 2 is 1.89 bits per heavy atom. The van der Waals surface area contributed by atoms with E-state index in [1.807, 2.05) is 36.2 Å². The molecule has 2 amide bonds. The number of amides is 2. The van der Waals surface area contributed by atoms with Gasteiger partial charge in [-0.2, -0.15) is 0 Å². The molecule has 2 aromatic heterocycles. The summed E-state index contributed by atoms with van der Waals surface area (Å²) < 4.78 is 5.35. The SMILES string of the molecule is C/C=C(\C(O)=C/C)c1c[nH]c2ncc(-c3ccc(NC(=O)CN4CCOCC4)c(C(=O)N(C)C)c3)cc12. The van der Waals surface area contributed by atoms with Crippen molar-refractivity contribution in [2.24, 2.45) is 0 Å². The van der Waals surface area contributed by atoms with E-state index in [2.05, 4.69) is 15.3 Å². The smallest absolute Gasteiger partial charge is 0.255 e. The molecule has 3 heterocycles. The van der Waals surface area contributed by atoms with E-state index in [1.165, 1.54) is 4.90 Å².